The molecule has 0 saturated carbocycles. The summed E-state index contributed by atoms with van der Waals surface area (Å²) in [5, 5.41) is 2.70. The molecule has 1 fully saturated rings. The third kappa shape index (κ3) is 5.64. The standard InChI is InChI=1S/C17H20F2N2O3/c18-17(19)24-14-6-2-1-5-13(14)8-9-15(22)20-10-4-12-21-11-3-7-16(21)23/h1-2,5-6,8-9,17H,3-4,7,10-12H2,(H,20,22)/b9-8+. The highest BCUT2D eigenvalue weighted by molar-refractivity contribution is 5.92. The van der Waals surface area contributed by atoms with Gasteiger partial charge < -0.3 is 15.0 Å². The van der Waals surface area contributed by atoms with E-state index in [1.807, 2.05) is 0 Å². The lowest BCUT2D eigenvalue weighted by Gasteiger charge is -2.14. The molecule has 1 N–H and O–H groups in total. The van der Waals surface area contributed by atoms with E-state index in [1.165, 1.54) is 18.2 Å². The number of likely N-dealkylation sites (tertiary alicyclic amines) is 1. The first-order chi connectivity index (χ1) is 11.6. The van der Waals surface area contributed by atoms with E-state index in [9.17, 15) is 18.4 Å². The van der Waals surface area contributed by atoms with E-state index >= 15 is 0 Å². The van der Waals surface area contributed by atoms with E-state index < -0.39 is 6.61 Å². The Kier molecular flexibility index (Phi) is 6.72. The summed E-state index contributed by atoms with van der Waals surface area (Å²) in [5.74, 6) is -0.143. The van der Waals surface area contributed by atoms with Crippen LogP contribution in [0.3, 0.4) is 0 Å². The molecule has 1 heterocycles. The molecule has 0 atom stereocenters. The molecular formula is C17H20F2N2O3. The van der Waals surface area contributed by atoms with Crippen molar-refractivity contribution in [1.29, 1.82) is 0 Å². The third-order valence-corrected chi connectivity index (χ3v) is 3.62. The Morgan fingerprint density at radius 2 is 2.17 bits per heavy atom. The number of benzene rings is 1. The van der Waals surface area contributed by atoms with Crippen LogP contribution in [0.5, 0.6) is 5.75 Å². The number of halogens is 2. The molecule has 2 amide bonds. The summed E-state index contributed by atoms with van der Waals surface area (Å²) in [4.78, 5) is 25.0. The van der Waals surface area contributed by atoms with Crippen molar-refractivity contribution >= 4 is 17.9 Å². The molecule has 0 unspecified atom stereocenters. The monoisotopic (exact) mass is 338 g/mol. The van der Waals surface area contributed by atoms with Gasteiger partial charge in [-0.2, -0.15) is 8.78 Å². The highest BCUT2D eigenvalue weighted by atomic mass is 19.3. The molecule has 0 aliphatic carbocycles. The van der Waals surface area contributed by atoms with Crippen molar-refractivity contribution in [2.24, 2.45) is 0 Å². The minimum Gasteiger partial charge on any atom is -0.434 e. The van der Waals surface area contributed by atoms with Gasteiger partial charge in [0.2, 0.25) is 11.8 Å². The number of alkyl halides is 2. The molecule has 0 spiro atoms. The Morgan fingerprint density at radius 1 is 1.38 bits per heavy atom. The number of para-hydroxylation sites is 1. The Bertz CT molecular complexity index is 605. The van der Waals surface area contributed by atoms with Crippen LogP contribution >= 0.6 is 0 Å². The van der Waals surface area contributed by atoms with Crippen LogP contribution in [0.15, 0.2) is 30.3 Å². The van der Waals surface area contributed by atoms with Gasteiger partial charge in [0, 0.05) is 37.7 Å². The largest absolute Gasteiger partial charge is 0.434 e. The van der Waals surface area contributed by atoms with Gasteiger partial charge in [0.25, 0.3) is 0 Å². The summed E-state index contributed by atoms with van der Waals surface area (Å²) < 4.78 is 29.0. The van der Waals surface area contributed by atoms with E-state index in [2.05, 4.69) is 10.1 Å². The Labute approximate surface area is 139 Å². The van der Waals surface area contributed by atoms with Gasteiger partial charge in [-0.15, -0.1) is 0 Å². The van der Waals surface area contributed by atoms with E-state index in [1.54, 1.807) is 23.1 Å². The first-order valence-electron chi connectivity index (χ1n) is 7.84. The second-order valence-corrected chi connectivity index (χ2v) is 5.38. The van der Waals surface area contributed by atoms with Gasteiger partial charge in [-0.05, 0) is 25.0 Å². The van der Waals surface area contributed by atoms with Gasteiger partial charge in [-0.25, -0.2) is 0 Å². The van der Waals surface area contributed by atoms with Crippen LogP contribution in [0.1, 0.15) is 24.8 Å². The van der Waals surface area contributed by atoms with Gasteiger partial charge in [-0.1, -0.05) is 18.2 Å². The van der Waals surface area contributed by atoms with Crippen molar-refractivity contribution in [1.82, 2.24) is 10.2 Å². The van der Waals surface area contributed by atoms with E-state index in [-0.39, 0.29) is 17.6 Å². The zero-order valence-corrected chi connectivity index (χ0v) is 13.2. The lowest BCUT2D eigenvalue weighted by molar-refractivity contribution is -0.127. The molecule has 1 aromatic carbocycles. The third-order valence-electron chi connectivity index (χ3n) is 3.62. The van der Waals surface area contributed by atoms with Crippen molar-refractivity contribution in [2.75, 3.05) is 19.6 Å². The number of hydrogen-bond donors (Lipinski definition) is 1. The predicted molar refractivity (Wildman–Crippen MR) is 85.5 cm³/mol. The van der Waals surface area contributed by atoms with Crippen LogP contribution in [0.2, 0.25) is 0 Å². The highest BCUT2D eigenvalue weighted by Crippen LogP contribution is 2.21. The molecule has 5 nitrogen and oxygen atoms in total. The van der Waals surface area contributed by atoms with Crippen LogP contribution in [0.25, 0.3) is 6.08 Å². The molecule has 0 aromatic heterocycles. The molecule has 0 radical (unpaired) electrons. The summed E-state index contributed by atoms with van der Waals surface area (Å²) in [6.45, 7) is -1.05. The lowest BCUT2D eigenvalue weighted by Crippen LogP contribution is -2.29. The number of carbonyl (C=O) groups excluding carboxylic acids is 2. The van der Waals surface area contributed by atoms with Crippen LogP contribution in [0.4, 0.5) is 8.78 Å². The van der Waals surface area contributed by atoms with Gasteiger partial charge in [-0.3, -0.25) is 9.59 Å². The second kappa shape index (κ2) is 9.00. The quantitative estimate of drug-likeness (QED) is 0.585. The minimum atomic E-state index is -2.92. The van der Waals surface area contributed by atoms with Crippen molar-refractivity contribution in [3.05, 3.63) is 35.9 Å². The average molecular weight is 338 g/mol. The highest BCUT2D eigenvalue weighted by Gasteiger charge is 2.18. The Balaban J connectivity index is 1.75. The smallest absolute Gasteiger partial charge is 0.387 e. The molecule has 1 aliphatic heterocycles. The maximum atomic E-state index is 12.3. The number of hydrogen-bond acceptors (Lipinski definition) is 3. The first kappa shape index (κ1) is 17.9. The fourth-order valence-corrected chi connectivity index (χ4v) is 2.47. The maximum Gasteiger partial charge on any atom is 0.387 e. The second-order valence-electron chi connectivity index (χ2n) is 5.38. The molecule has 1 saturated heterocycles. The zero-order chi connectivity index (χ0) is 17.4. The topological polar surface area (TPSA) is 58.6 Å². The van der Waals surface area contributed by atoms with Crippen LogP contribution < -0.4 is 10.1 Å². The van der Waals surface area contributed by atoms with Crippen molar-refractivity contribution in [3.8, 4) is 5.75 Å². The number of nitrogens with zero attached hydrogens (tertiary/aromatic N) is 1. The number of nitrogens with one attached hydrogen (secondary N) is 1. The van der Waals surface area contributed by atoms with Gasteiger partial charge >= 0.3 is 6.61 Å². The maximum absolute atomic E-state index is 12.3. The SMILES string of the molecule is O=C(/C=C/c1ccccc1OC(F)F)NCCCN1CCCC1=O. The molecule has 24 heavy (non-hydrogen) atoms. The van der Waals surface area contributed by atoms with Gasteiger partial charge in [0.1, 0.15) is 5.75 Å². The Hall–Kier alpha value is -2.44. The summed E-state index contributed by atoms with van der Waals surface area (Å²) >= 11 is 0. The zero-order valence-electron chi connectivity index (χ0n) is 13.2. The number of rotatable bonds is 8. The minimum absolute atomic E-state index is 0.0177. The molecule has 1 aliphatic rings. The molecule has 7 heteroatoms. The van der Waals surface area contributed by atoms with Crippen molar-refractivity contribution in [2.45, 2.75) is 25.9 Å². The molecule has 1 aromatic rings. The fraction of sp³-hybridized carbons (Fsp3) is 0.412. The van der Waals surface area contributed by atoms with Crippen LogP contribution in [0, 0.1) is 0 Å². The van der Waals surface area contributed by atoms with Gasteiger partial charge in [0.15, 0.2) is 0 Å². The van der Waals surface area contributed by atoms with Crippen molar-refractivity contribution in [3.63, 3.8) is 0 Å². The fourth-order valence-electron chi connectivity index (χ4n) is 2.47. The van der Waals surface area contributed by atoms with Crippen molar-refractivity contribution < 1.29 is 23.1 Å². The van der Waals surface area contributed by atoms with Crippen LogP contribution in [-0.2, 0) is 9.59 Å². The number of carbonyl (C=O) groups is 2. The number of ether oxygens (including phenoxy) is 1. The molecule has 130 valence electrons. The van der Waals surface area contributed by atoms with E-state index in [4.69, 9.17) is 0 Å². The van der Waals surface area contributed by atoms with E-state index in [0.717, 1.165) is 13.0 Å². The Morgan fingerprint density at radius 3 is 2.88 bits per heavy atom. The summed E-state index contributed by atoms with van der Waals surface area (Å²) in [6.07, 6.45) is 4.88. The molecule has 2 rings (SSSR count). The molecule has 0 bridgehead atoms. The summed E-state index contributed by atoms with van der Waals surface area (Å²) in [7, 11) is 0. The predicted octanol–water partition coefficient (Wildman–Crippen LogP) is 2.43. The summed E-state index contributed by atoms with van der Waals surface area (Å²) in [5.41, 5.74) is 0.399. The average Bonchev–Trinajstić information content (AvgIpc) is 2.95. The molecular weight excluding hydrogens is 318 g/mol. The normalized spacial score (nSPS) is 14.6. The first-order valence-corrected chi connectivity index (χ1v) is 7.84. The van der Waals surface area contributed by atoms with E-state index in [0.29, 0.717) is 31.5 Å². The van der Waals surface area contributed by atoms with Crippen LogP contribution in [-0.4, -0.2) is 43.0 Å². The number of amides is 2. The van der Waals surface area contributed by atoms with Gasteiger partial charge in [0.05, 0.1) is 0 Å². The summed E-state index contributed by atoms with van der Waals surface area (Å²) in [6, 6.07) is 6.25. The lowest BCUT2D eigenvalue weighted by atomic mass is 10.2.